The maximum absolute atomic E-state index is 9.21. The number of hydrogen-bond donors (Lipinski definition) is 0. The third-order valence-electron chi connectivity index (χ3n) is 3.59. The van der Waals surface area contributed by atoms with Gasteiger partial charge in [0.15, 0.2) is 22.8 Å². The Bertz CT molecular complexity index is 1320. The van der Waals surface area contributed by atoms with E-state index in [1.54, 1.807) is 12.1 Å². The van der Waals surface area contributed by atoms with Crippen molar-refractivity contribution in [2.45, 2.75) is 0 Å². The molecule has 0 aliphatic carbocycles. The van der Waals surface area contributed by atoms with Crippen LogP contribution >= 0.6 is 0 Å². The Morgan fingerprint density at radius 1 is 0.462 bits per heavy atom. The molecule has 4 rings (SSSR count). The molecule has 0 bridgehead atoms. The van der Waals surface area contributed by atoms with Gasteiger partial charge in [-0.15, -0.1) is 0 Å². The third kappa shape index (κ3) is 1.88. The molecule has 10 heteroatoms. The third-order valence-corrected chi connectivity index (χ3v) is 3.59. The van der Waals surface area contributed by atoms with Crippen LogP contribution in [-0.4, -0.2) is 29.9 Å². The van der Waals surface area contributed by atoms with Gasteiger partial charge in [-0.3, -0.25) is 9.97 Å². The smallest absolute Gasteiger partial charge is 0.177 e. The Labute approximate surface area is 144 Å². The number of nitrogens with zero attached hydrogens (tertiary/aromatic N) is 10. The van der Waals surface area contributed by atoms with Gasteiger partial charge in [-0.2, -0.15) is 21.0 Å². The number of rotatable bonds is 0. The average Bonchev–Trinajstić information content (AvgIpc) is 2.71. The second-order valence-electron chi connectivity index (χ2n) is 4.94. The molecule has 0 spiro atoms. The zero-order valence-electron chi connectivity index (χ0n) is 12.6. The molecule has 0 atom stereocenters. The normalized spacial score (nSPS) is 10.2. The molecule has 3 aromatic heterocycles. The molecule has 0 aliphatic rings. The predicted molar refractivity (Wildman–Crippen MR) is 84.6 cm³/mol. The lowest BCUT2D eigenvalue weighted by Crippen LogP contribution is -2.03. The van der Waals surface area contributed by atoms with E-state index < -0.39 is 0 Å². The first-order valence-electron chi connectivity index (χ1n) is 6.98. The molecule has 3 heterocycles. The van der Waals surface area contributed by atoms with E-state index in [0.29, 0.717) is 11.0 Å². The maximum atomic E-state index is 9.21. The topological polar surface area (TPSA) is 172 Å². The fraction of sp³-hybridized carbons (Fsp3) is 0. The molecular weight excluding hydrogens is 332 g/mol. The Balaban J connectivity index is 2.38. The van der Waals surface area contributed by atoms with E-state index in [9.17, 15) is 21.0 Å². The first kappa shape index (κ1) is 14.8. The first-order valence-corrected chi connectivity index (χ1v) is 6.98. The SMILES string of the molecule is N#Cc1nc2c3nccnc3c3nc(C#N)c(C#N)nc3c2nc1C#N. The van der Waals surface area contributed by atoms with Crippen LogP contribution in [0, 0.1) is 45.3 Å². The highest BCUT2D eigenvalue weighted by molar-refractivity contribution is 6.18. The van der Waals surface area contributed by atoms with E-state index in [1.165, 1.54) is 12.4 Å². The Morgan fingerprint density at radius 2 is 0.731 bits per heavy atom. The molecule has 26 heavy (non-hydrogen) atoms. The number of fused-ring (bicyclic) bond motifs is 6. The number of aromatic nitrogens is 6. The Hall–Kier alpha value is -4.80. The fourth-order valence-corrected chi connectivity index (χ4v) is 2.53. The maximum Gasteiger partial charge on any atom is 0.177 e. The van der Waals surface area contributed by atoms with Crippen molar-refractivity contribution in [3.8, 4) is 24.3 Å². The minimum Gasteiger partial charge on any atom is -0.251 e. The van der Waals surface area contributed by atoms with E-state index in [4.69, 9.17) is 0 Å². The zero-order chi connectivity index (χ0) is 18.3. The van der Waals surface area contributed by atoms with E-state index >= 15 is 0 Å². The second kappa shape index (κ2) is 5.38. The zero-order valence-corrected chi connectivity index (χ0v) is 12.6. The largest absolute Gasteiger partial charge is 0.251 e. The second-order valence-corrected chi connectivity index (χ2v) is 4.94. The monoisotopic (exact) mass is 334 g/mol. The number of hydrogen-bond acceptors (Lipinski definition) is 10. The predicted octanol–water partition coefficient (Wildman–Crippen LogP) is 1.00. The van der Waals surface area contributed by atoms with Gasteiger partial charge in [0.2, 0.25) is 0 Å². The van der Waals surface area contributed by atoms with Crippen LogP contribution in [-0.2, 0) is 0 Å². The van der Waals surface area contributed by atoms with Gasteiger partial charge in [-0.1, -0.05) is 0 Å². The van der Waals surface area contributed by atoms with Crippen LogP contribution in [0.4, 0.5) is 0 Å². The highest BCUT2D eigenvalue weighted by atomic mass is 14.9. The van der Waals surface area contributed by atoms with Crippen LogP contribution in [0.5, 0.6) is 0 Å². The minimum atomic E-state index is -0.186. The van der Waals surface area contributed by atoms with Crippen molar-refractivity contribution in [2.24, 2.45) is 0 Å². The van der Waals surface area contributed by atoms with Crippen LogP contribution in [0.2, 0.25) is 0 Å². The van der Waals surface area contributed by atoms with Crippen LogP contribution in [0.15, 0.2) is 12.4 Å². The van der Waals surface area contributed by atoms with Gasteiger partial charge in [0.25, 0.3) is 0 Å². The molecule has 0 saturated carbocycles. The standard InChI is InChI=1S/C16H2N10/c17-3-7-9(5-19)25-15-13(23-7)11-12(22-2-1-21-11)14-16(15)26-10(6-20)8(4-18)24-14/h1-2H. The first-order chi connectivity index (χ1) is 12.7. The highest BCUT2D eigenvalue weighted by Crippen LogP contribution is 2.29. The van der Waals surface area contributed by atoms with Crippen LogP contribution in [0.1, 0.15) is 22.8 Å². The fourth-order valence-electron chi connectivity index (χ4n) is 2.53. The molecule has 4 aromatic rings. The summed E-state index contributed by atoms with van der Waals surface area (Å²) >= 11 is 0. The number of nitriles is 4. The van der Waals surface area contributed by atoms with Gasteiger partial charge in [0.05, 0.1) is 0 Å². The summed E-state index contributed by atoms with van der Waals surface area (Å²) in [4.78, 5) is 25.1. The van der Waals surface area contributed by atoms with Crippen molar-refractivity contribution < 1.29 is 0 Å². The molecule has 0 saturated heterocycles. The quantitative estimate of drug-likeness (QED) is 0.422. The van der Waals surface area contributed by atoms with Gasteiger partial charge in [0, 0.05) is 12.4 Å². The number of benzene rings is 1. The van der Waals surface area contributed by atoms with Crippen molar-refractivity contribution in [1.29, 1.82) is 21.0 Å². The summed E-state index contributed by atoms with van der Waals surface area (Å²) in [6.45, 7) is 0. The van der Waals surface area contributed by atoms with Gasteiger partial charge >= 0.3 is 0 Å². The van der Waals surface area contributed by atoms with Crippen molar-refractivity contribution in [3.63, 3.8) is 0 Å². The van der Waals surface area contributed by atoms with Crippen LogP contribution < -0.4 is 0 Å². The van der Waals surface area contributed by atoms with Gasteiger partial charge in [-0.05, 0) is 0 Å². The molecule has 0 unspecified atom stereocenters. The highest BCUT2D eigenvalue weighted by Gasteiger charge is 2.20. The lowest BCUT2D eigenvalue weighted by atomic mass is 10.1. The molecule has 10 nitrogen and oxygen atoms in total. The summed E-state index contributed by atoms with van der Waals surface area (Å²) in [7, 11) is 0. The molecule has 0 aliphatic heterocycles. The van der Waals surface area contributed by atoms with Crippen molar-refractivity contribution in [3.05, 3.63) is 35.2 Å². The molecular formula is C16H2N10. The summed E-state index contributed by atoms with van der Waals surface area (Å²) in [6, 6.07) is 7.24. The van der Waals surface area contributed by atoms with Gasteiger partial charge in [-0.25, -0.2) is 19.9 Å². The lowest BCUT2D eigenvalue weighted by Gasteiger charge is -2.07. The minimum absolute atomic E-state index is 0.150. The lowest BCUT2D eigenvalue weighted by molar-refractivity contribution is 1.17. The molecule has 0 radical (unpaired) electrons. The molecule has 1 aromatic carbocycles. The van der Waals surface area contributed by atoms with Gasteiger partial charge in [0.1, 0.15) is 57.4 Å². The van der Waals surface area contributed by atoms with Crippen molar-refractivity contribution in [1.82, 2.24) is 29.9 Å². The van der Waals surface area contributed by atoms with E-state index in [1.807, 2.05) is 12.1 Å². The van der Waals surface area contributed by atoms with E-state index in [2.05, 4.69) is 29.9 Å². The summed E-state index contributed by atoms with van der Waals surface area (Å²) < 4.78 is 0. The summed E-state index contributed by atoms with van der Waals surface area (Å²) in [5, 5.41) is 36.8. The summed E-state index contributed by atoms with van der Waals surface area (Å²) in [5.74, 6) is 0. The molecule has 0 fully saturated rings. The van der Waals surface area contributed by atoms with E-state index in [0.717, 1.165) is 0 Å². The molecule has 0 N–H and O–H groups in total. The Morgan fingerprint density at radius 3 is 1.00 bits per heavy atom. The van der Waals surface area contributed by atoms with Crippen LogP contribution in [0.3, 0.4) is 0 Å². The molecule has 116 valence electrons. The van der Waals surface area contributed by atoms with Crippen molar-refractivity contribution >= 4 is 33.1 Å². The molecule has 0 amide bonds. The van der Waals surface area contributed by atoms with E-state index in [-0.39, 0.29) is 44.8 Å². The average molecular weight is 334 g/mol. The summed E-state index contributed by atoms with van der Waals surface area (Å²) in [5.41, 5.74) is 0.621. The van der Waals surface area contributed by atoms with Gasteiger partial charge < -0.3 is 0 Å². The van der Waals surface area contributed by atoms with Crippen LogP contribution in [0.25, 0.3) is 33.1 Å². The Kier molecular flexibility index (Phi) is 3.06. The van der Waals surface area contributed by atoms with Crippen molar-refractivity contribution in [2.75, 3.05) is 0 Å². The summed E-state index contributed by atoms with van der Waals surface area (Å²) in [6.07, 6.45) is 2.86.